The molecule has 26 heavy (non-hydrogen) atoms. The second-order valence-electron chi connectivity index (χ2n) is 5.88. The van der Waals surface area contributed by atoms with E-state index in [1.807, 2.05) is 66.1 Å². The Bertz CT molecular complexity index is 845. The van der Waals surface area contributed by atoms with Crippen molar-refractivity contribution in [3.05, 3.63) is 66.1 Å². The maximum atomic E-state index is 10.2. The molecule has 136 valence electrons. The van der Waals surface area contributed by atoms with E-state index in [1.54, 1.807) is 0 Å². The van der Waals surface area contributed by atoms with Gasteiger partial charge in [0.2, 0.25) is 0 Å². The Kier molecular flexibility index (Phi) is 6.16. The van der Waals surface area contributed by atoms with Crippen molar-refractivity contribution >= 4 is 11.6 Å². The topological polar surface area (TPSA) is 86.8 Å². The van der Waals surface area contributed by atoms with Crippen LogP contribution in [-0.4, -0.2) is 38.8 Å². The standard InChI is InChI=1S/C19H24N6O/c1-2-20-19(21-12-11-16(26)15-8-4-3-5-9-15)22-14-18-24-23-17-10-6-7-13-25(17)18/h3-10,13,16,26H,2,11-12,14H2,1H3,(H2,20,21,22). The van der Waals surface area contributed by atoms with Gasteiger partial charge in [0.25, 0.3) is 0 Å². The number of pyridine rings is 1. The van der Waals surface area contributed by atoms with Gasteiger partial charge in [0.1, 0.15) is 6.54 Å². The lowest BCUT2D eigenvalue weighted by atomic mass is 10.1. The van der Waals surface area contributed by atoms with Gasteiger partial charge in [-0.15, -0.1) is 10.2 Å². The van der Waals surface area contributed by atoms with Gasteiger partial charge in [-0.25, -0.2) is 4.99 Å². The van der Waals surface area contributed by atoms with Crippen molar-refractivity contribution in [2.45, 2.75) is 26.0 Å². The Morgan fingerprint density at radius 1 is 1.12 bits per heavy atom. The Hall–Kier alpha value is -2.93. The van der Waals surface area contributed by atoms with E-state index < -0.39 is 6.10 Å². The summed E-state index contributed by atoms with van der Waals surface area (Å²) in [6, 6.07) is 15.5. The normalized spacial score (nSPS) is 12.9. The van der Waals surface area contributed by atoms with Gasteiger partial charge < -0.3 is 15.7 Å². The highest BCUT2D eigenvalue weighted by atomic mass is 16.3. The summed E-state index contributed by atoms with van der Waals surface area (Å²) in [5, 5.41) is 25.0. The number of aliphatic hydroxyl groups is 1. The van der Waals surface area contributed by atoms with Gasteiger partial charge in [-0.3, -0.25) is 4.40 Å². The summed E-state index contributed by atoms with van der Waals surface area (Å²) in [4.78, 5) is 4.57. The highest BCUT2D eigenvalue weighted by Gasteiger charge is 2.08. The Morgan fingerprint density at radius 2 is 1.92 bits per heavy atom. The van der Waals surface area contributed by atoms with Gasteiger partial charge in [0.05, 0.1) is 6.10 Å². The number of aliphatic hydroxyl groups excluding tert-OH is 1. The zero-order valence-electron chi connectivity index (χ0n) is 14.8. The predicted octanol–water partition coefficient (Wildman–Crippen LogP) is 1.91. The molecule has 1 atom stereocenters. The Balaban J connectivity index is 1.57. The summed E-state index contributed by atoms with van der Waals surface area (Å²) in [6.45, 7) is 3.81. The van der Waals surface area contributed by atoms with Crippen molar-refractivity contribution in [3.63, 3.8) is 0 Å². The molecule has 3 N–H and O–H groups in total. The Labute approximate surface area is 152 Å². The molecule has 0 aliphatic rings. The molecule has 7 heteroatoms. The number of hydrogen-bond acceptors (Lipinski definition) is 4. The molecule has 1 unspecified atom stereocenters. The molecule has 3 aromatic rings. The molecular weight excluding hydrogens is 328 g/mol. The van der Waals surface area contributed by atoms with Gasteiger partial charge >= 0.3 is 0 Å². The van der Waals surface area contributed by atoms with Crippen molar-refractivity contribution < 1.29 is 5.11 Å². The molecule has 2 aromatic heterocycles. The van der Waals surface area contributed by atoms with E-state index in [4.69, 9.17) is 0 Å². The minimum atomic E-state index is -0.494. The van der Waals surface area contributed by atoms with Crippen LogP contribution in [0.3, 0.4) is 0 Å². The second kappa shape index (κ2) is 8.96. The highest BCUT2D eigenvalue weighted by molar-refractivity contribution is 5.79. The van der Waals surface area contributed by atoms with Crippen molar-refractivity contribution in [2.75, 3.05) is 13.1 Å². The first-order valence-electron chi connectivity index (χ1n) is 8.81. The number of hydrogen-bond donors (Lipinski definition) is 3. The number of benzene rings is 1. The monoisotopic (exact) mass is 352 g/mol. The lowest BCUT2D eigenvalue weighted by molar-refractivity contribution is 0.168. The smallest absolute Gasteiger partial charge is 0.191 e. The van der Waals surface area contributed by atoms with Crippen LogP contribution in [0.1, 0.15) is 30.8 Å². The van der Waals surface area contributed by atoms with E-state index in [-0.39, 0.29) is 0 Å². The average molecular weight is 352 g/mol. The number of nitrogens with one attached hydrogen (secondary N) is 2. The summed E-state index contributed by atoms with van der Waals surface area (Å²) >= 11 is 0. The van der Waals surface area contributed by atoms with Crippen LogP contribution in [0.5, 0.6) is 0 Å². The van der Waals surface area contributed by atoms with Crippen LogP contribution in [0.15, 0.2) is 59.7 Å². The second-order valence-corrected chi connectivity index (χ2v) is 5.88. The molecule has 0 aliphatic heterocycles. The van der Waals surface area contributed by atoms with Gasteiger partial charge in [0, 0.05) is 19.3 Å². The first kappa shape index (κ1) is 17.9. The van der Waals surface area contributed by atoms with Crippen molar-refractivity contribution in [2.24, 2.45) is 4.99 Å². The van der Waals surface area contributed by atoms with Gasteiger partial charge in [-0.1, -0.05) is 36.4 Å². The molecule has 7 nitrogen and oxygen atoms in total. The predicted molar refractivity (Wildman–Crippen MR) is 102 cm³/mol. The van der Waals surface area contributed by atoms with E-state index in [0.717, 1.165) is 23.6 Å². The molecule has 0 spiro atoms. The van der Waals surface area contributed by atoms with Crippen LogP contribution in [0, 0.1) is 0 Å². The SMILES string of the molecule is CCNC(=NCc1nnc2ccccn12)NCCC(O)c1ccccc1. The first-order valence-corrected chi connectivity index (χ1v) is 8.81. The maximum absolute atomic E-state index is 10.2. The quantitative estimate of drug-likeness (QED) is 0.447. The van der Waals surface area contributed by atoms with Crippen LogP contribution in [-0.2, 0) is 6.54 Å². The van der Waals surface area contributed by atoms with Crippen LogP contribution in [0.2, 0.25) is 0 Å². The van der Waals surface area contributed by atoms with E-state index in [9.17, 15) is 5.11 Å². The Morgan fingerprint density at radius 3 is 2.73 bits per heavy atom. The fourth-order valence-corrected chi connectivity index (χ4v) is 2.66. The number of fused-ring (bicyclic) bond motifs is 1. The minimum Gasteiger partial charge on any atom is -0.388 e. The van der Waals surface area contributed by atoms with Crippen molar-refractivity contribution in [1.82, 2.24) is 25.2 Å². The molecule has 0 amide bonds. The number of rotatable bonds is 7. The zero-order chi connectivity index (χ0) is 18.2. The van der Waals surface area contributed by atoms with Crippen molar-refractivity contribution in [3.8, 4) is 0 Å². The van der Waals surface area contributed by atoms with Gasteiger partial charge in [0.15, 0.2) is 17.4 Å². The minimum absolute atomic E-state index is 0.418. The maximum Gasteiger partial charge on any atom is 0.191 e. The lowest BCUT2D eigenvalue weighted by Gasteiger charge is -2.14. The lowest BCUT2D eigenvalue weighted by Crippen LogP contribution is -2.38. The number of aromatic nitrogens is 3. The molecule has 3 rings (SSSR count). The van der Waals surface area contributed by atoms with Crippen LogP contribution >= 0.6 is 0 Å². The van der Waals surface area contributed by atoms with Crippen LogP contribution < -0.4 is 10.6 Å². The molecule has 0 aliphatic carbocycles. The van der Waals surface area contributed by atoms with Gasteiger partial charge in [-0.05, 0) is 31.0 Å². The fourth-order valence-electron chi connectivity index (χ4n) is 2.66. The number of guanidine groups is 1. The summed E-state index contributed by atoms with van der Waals surface area (Å²) in [7, 11) is 0. The third-order valence-electron chi connectivity index (χ3n) is 4.00. The van der Waals surface area contributed by atoms with E-state index in [1.165, 1.54) is 0 Å². The summed E-state index contributed by atoms with van der Waals surface area (Å²) in [5.41, 5.74) is 1.73. The number of nitrogens with zero attached hydrogens (tertiary/aromatic N) is 4. The number of aliphatic imine (C=N–C) groups is 1. The average Bonchev–Trinajstić information content (AvgIpc) is 3.10. The van der Waals surface area contributed by atoms with E-state index >= 15 is 0 Å². The van der Waals surface area contributed by atoms with Crippen LogP contribution in [0.4, 0.5) is 0 Å². The summed E-state index contributed by atoms with van der Waals surface area (Å²) in [5.74, 6) is 1.47. The van der Waals surface area contributed by atoms with Crippen LogP contribution in [0.25, 0.3) is 5.65 Å². The highest BCUT2D eigenvalue weighted by Crippen LogP contribution is 2.14. The molecule has 0 bridgehead atoms. The molecular formula is C19H24N6O. The molecule has 0 saturated heterocycles. The van der Waals surface area contributed by atoms with Crippen molar-refractivity contribution in [1.29, 1.82) is 0 Å². The molecule has 1 aromatic carbocycles. The van der Waals surface area contributed by atoms with E-state index in [0.29, 0.717) is 25.5 Å². The first-order chi connectivity index (χ1) is 12.8. The fraction of sp³-hybridized carbons (Fsp3) is 0.316. The molecule has 0 fully saturated rings. The molecule has 0 radical (unpaired) electrons. The third-order valence-corrected chi connectivity index (χ3v) is 4.00. The molecule has 2 heterocycles. The summed E-state index contributed by atoms with van der Waals surface area (Å²) < 4.78 is 1.92. The summed E-state index contributed by atoms with van der Waals surface area (Å²) in [6.07, 6.45) is 2.03. The van der Waals surface area contributed by atoms with E-state index in [2.05, 4.69) is 25.8 Å². The molecule has 0 saturated carbocycles. The largest absolute Gasteiger partial charge is 0.388 e. The van der Waals surface area contributed by atoms with Gasteiger partial charge in [-0.2, -0.15) is 0 Å². The third kappa shape index (κ3) is 4.58. The zero-order valence-corrected chi connectivity index (χ0v) is 14.8.